The molecule has 1 saturated heterocycles. The zero-order valence-corrected chi connectivity index (χ0v) is 12.4. The van der Waals surface area contributed by atoms with Gasteiger partial charge in [-0.05, 0) is 50.5 Å². The van der Waals surface area contributed by atoms with Crippen LogP contribution in [0, 0.1) is 6.92 Å². The van der Waals surface area contributed by atoms with Gasteiger partial charge in [0.25, 0.3) is 5.91 Å². The van der Waals surface area contributed by atoms with Crippen LogP contribution in [-0.4, -0.2) is 36.0 Å². The number of benzene rings is 1. The van der Waals surface area contributed by atoms with Crippen molar-refractivity contribution in [3.05, 3.63) is 34.3 Å². The van der Waals surface area contributed by atoms with Gasteiger partial charge in [0.1, 0.15) is 6.04 Å². The fraction of sp³-hybridized carbons (Fsp3) is 0.467. The summed E-state index contributed by atoms with van der Waals surface area (Å²) in [5.74, 6) is -0.454. The highest BCUT2D eigenvalue weighted by Crippen LogP contribution is 2.23. The summed E-state index contributed by atoms with van der Waals surface area (Å²) in [6, 6.07) is 4.70. The molecule has 2 rings (SSSR count). The Bertz CT molecular complexity index is 530. The summed E-state index contributed by atoms with van der Waals surface area (Å²) in [7, 11) is 0. The second-order valence-electron chi connectivity index (χ2n) is 4.87. The SMILES string of the molecule is CCOC(=O)C1CCCN1C(=O)c1ccc(Cl)c(C)c1. The number of esters is 1. The maximum atomic E-state index is 12.5. The fourth-order valence-corrected chi connectivity index (χ4v) is 2.55. The molecule has 1 amide bonds. The van der Waals surface area contributed by atoms with Gasteiger partial charge in [0.05, 0.1) is 6.61 Å². The second kappa shape index (κ2) is 6.27. The van der Waals surface area contributed by atoms with Crippen LogP contribution in [0.25, 0.3) is 0 Å². The number of aryl methyl sites for hydroxylation is 1. The third kappa shape index (κ3) is 2.96. The van der Waals surface area contributed by atoms with E-state index in [4.69, 9.17) is 16.3 Å². The van der Waals surface area contributed by atoms with Gasteiger partial charge in [-0.15, -0.1) is 0 Å². The molecule has 1 aromatic rings. The molecule has 4 nitrogen and oxygen atoms in total. The molecule has 1 unspecified atom stereocenters. The predicted molar refractivity (Wildman–Crippen MR) is 76.9 cm³/mol. The molecule has 1 atom stereocenters. The second-order valence-corrected chi connectivity index (χ2v) is 5.28. The molecule has 0 bridgehead atoms. The van der Waals surface area contributed by atoms with Crippen molar-refractivity contribution in [2.24, 2.45) is 0 Å². The van der Waals surface area contributed by atoms with Gasteiger partial charge in [-0.1, -0.05) is 11.6 Å². The van der Waals surface area contributed by atoms with Crippen LogP contribution in [0.3, 0.4) is 0 Å². The Morgan fingerprint density at radius 1 is 1.45 bits per heavy atom. The first-order chi connectivity index (χ1) is 9.54. The minimum atomic E-state index is -0.460. The summed E-state index contributed by atoms with van der Waals surface area (Å²) in [4.78, 5) is 26.0. The summed E-state index contributed by atoms with van der Waals surface area (Å²) in [5.41, 5.74) is 1.41. The normalized spacial score (nSPS) is 18.1. The molecule has 1 fully saturated rings. The maximum absolute atomic E-state index is 12.5. The maximum Gasteiger partial charge on any atom is 0.328 e. The molecule has 1 aromatic carbocycles. The zero-order chi connectivity index (χ0) is 14.7. The van der Waals surface area contributed by atoms with Gasteiger partial charge in [0.15, 0.2) is 0 Å². The number of halogens is 1. The van der Waals surface area contributed by atoms with Crippen LogP contribution < -0.4 is 0 Å². The van der Waals surface area contributed by atoms with Crippen molar-refractivity contribution < 1.29 is 14.3 Å². The highest BCUT2D eigenvalue weighted by atomic mass is 35.5. The number of hydrogen-bond acceptors (Lipinski definition) is 3. The van der Waals surface area contributed by atoms with E-state index in [9.17, 15) is 9.59 Å². The van der Waals surface area contributed by atoms with Crippen LogP contribution >= 0.6 is 11.6 Å². The highest BCUT2D eigenvalue weighted by Gasteiger charge is 2.35. The van der Waals surface area contributed by atoms with E-state index in [0.29, 0.717) is 30.2 Å². The molecule has 1 heterocycles. The Hall–Kier alpha value is -1.55. The lowest BCUT2D eigenvalue weighted by Crippen LogP contribution is -2.41. The van der Waals surface area contributed by atoms with Crippen molar-refractivity contribution in [2.75, 3.05) is 13.2 Å². The molecule has 0 aromatic heterocycles. The van der Waals surface area contributed by atoms with Crippen LogP contribution in [0.1, 0.15) is 35.7 Å². The Morgan fingerprint density at radius 3 is 2.85 bits per heavy atom. The zero-order valence-electron chi connectivity index (χ0n) is 11.7. The van der Waals surface area contributed by atoms with E-state index >= 15 is 0 Å². The van der Waals surface area contributed by atoms with Gasteiger partial charge in [0.2, 0.25) is 0 Å². The number of nitrogens with zero attached hydrogens (tertiary/aromatic N) is 1. The summed E-state index contributed by atoms with van der Waals surface area (Å²) >= 11 is 5.97. The Kier molecular flexibility index (Phi) is 4.65. The Balaban J connectivity index is 2.18. The van der Waals surface area contributed by atoms with Crippen LogP contribution in [0.5, 0.6) is 0 Å². The number of ether oxygens (including phenoxy) is 1. The molecule has 20 heavy (non-hydrogen) atoms. The molecule has 0 spiro atoms. The Morgan fingerprint density at radius 2 is 2.20 bits per heavy atom. The first-order valence-electron chi connectivity index (χ1n) is 6.78. The molecular formula is C15H18ClNO3. The monoisotopic (exact) mass is 295 g/mol. The molecule has 5 heteroatoms. The van der Waals surface area contributed by atoms with Crippen LogP contribution in [0.4, 0.5) is 0 Å². The minimum Gasteiger partial charge on any atom is -0.464 e. The fourth-order valence-electron chi connectivity index (χ4n) is 2.44. The lowest BCUT2D eigenvalue weighted by atomic mass is 10.1. The summed E-state index contributed by atoms with van der Waals surface area (Å²) in [6.45, 7) is 4.54. The smallest absolute Gasteiger partial charge is 0.328 e. The van der Waals surface area contributed by atoms with E-state index in [0.717, 1.165) is 12.0 Å². The van der Waals surface area contributed by atoms with Gasteiger partial charge in [0, 0.05) is 17.1 Å². The Labute approximate surface area is 123 Å². The number of hydrogen-bond donors (Lipinski definition) is 0. The molecule has 108 valence electrons. The van der Waals surface area contributed by atoms with Gasteiger partial charge < -0.3 is 9.64 Å². The topological polar surface area (TPSA) is 46.6 Å². The largest absolute Gasteiger partial charge is 0.464 e. The number of amides is 1. The average molecular weight is 296 g/mol. The van der Waals surface area contributed by atoms with E-state index in [-0.39, 0.29) is 11.9 Å². The summed E-state index contributed by atoms with van der Waals surface area (Å²) in [6.07, 6.45) is 1.49. The van der Waals surface area contributed by atoms with E-state index in [1.807, 2.05) is 6.92 Å². The first-order valence-corrected chi connectivity index (χ1v) is 7.16. The average Bonchev–Trinajstić information content (AvgIpc) is 2.90. The predicted octanol–water partition coefficient (Wildman–Crippen LogP) is 2.82. The highest BCUT2D eigenvalue weighted by molar-refractivity contribution is 6.31. The van der Waals surface area contributed by atoms with Crippen LogP contribution in [0.2, 0.25) is 5.02 Å². The van der Waals surface area contributed by atoms with Crippen molar-refractivity contribution in [3.8, 4) is 0 Å². The van der Waals surface area contributed by atoms with Gasteiger partial charge in [-0.25, -0.2) is 4.79 Å². The third-order valence-corrected chi connectivity index (χ3v) is 3.90. The lowest BCUT2D eigenvalue weighted by Gasteiger charge is -2.23. The molecular weight excluding hydrogens is 278 g/mol. The lowest BCUT2D eigenvalue weighted by molar-refractivity contribution is -0.147. The number of carbonyl (C=O) groups excluding carboxylic acids is 2. The van der Waals surface area contributed by atoms with E-state index in [1.54, 1.807) is 30.0 Å². The van der Waals surface area contributed by atoms with E-state index in [2.05, 4.69) is 0 Å². The molecule has 0 radical (unpaired) electrons. The van der Waals surface area contributed by atoms with Crippen LogP contribution in [0.15, 0.2) is 18.2 Å². The minimum absolute atomic E-state index is 0.139. The van der Waals surface area contributed by atoms with Crippen molar-refractivity contribution in [2.45, 2.75) is 32.7 Å². The van der Waals surface area contributed by atoms with Crippen molar-refractivity contribution in [1.82, 2.24) is 4.90 Å². The molecule has 0 N–H and O–H groups in total. The van der Waals surface area contributed by atoms with Gasteiger partial charge >= 0.3 is 5.97 Å². The van der Waals surface area contributed by atoms with Crippen molar-refractivity contribution in [3.63, 3.8) is 0 Å². The molecule has 0 aliphatic carbocycles. The number of carbonyl (C=O) groups is 2. The van der Waals surface area contributed by atoms with Crippen LogP contribution in [-0.2, 0) is 9.53 Å². The van der Waals surface area contributed by atoms with Crippen molar-refractivity contribution >= 4 is 23.5 Å². The van der Waals surface area contributed by atoms with E-state index in [1.165, 1.54) is 0 Å². The van der Waals surface area contributed by atoms with E-state index < -0.39 is 6.04 Å². The number of rotatable bonds is 3. The summed E-state index contributed by atoms with van der Waals surface area (Å²) in [5, 5.41) is 0.630. The molecule has 1 aliphatic rings. The first kappa shape index (κ1) is 14.9. The van der Waals surface area contributed by atoms with Crippen molar-refractivity contribution in [1.29, 1.82) is 0 Å². The quantitative estimate of drug-likeness (QED) is 0.806. The number of likely N-dealkylation sites (tertiary alicyclic amines) is 1. The molecule has 0 saturated carbocycles. The standard InChI is InChI=1S/C15H18ClNO3/c1-3-20-15(19)13-5-4-8-17(13)14(18)11-6-7-12(16)10(2)9-11/h6-7,9,13H,3-5,8H2,1-2H3. The van der Waals surface area contributed by atoms with Gasteiger partial charge in [-0.3, -0.25) is 4.79 Å². The van der Waals surface area contributed by atoms with Gasteiger partial charge in [-0.2, -0.15) is 0 Å². The third-order valence-electron chi connectivity index (χ3n) is 3.48. The molecule has 1 aliphatic heterocycles. The summed E-state index contributed by atoms with van der Waals surface area (Å²) < 4.78 is 5.03.